The van der Waals surface area contributed by atoms with Crippen molar-refractivity contribution >= 4 is 22.4 Å². The number of nitrogens with one attached hydrogen (secondary N) is 1. The lowest BCUT2D eigenvalue weighted by Gasteiger charge is -2.27. The van der Waals surface area contributed by atoms with E-state index in [-0.39, 0.29) is 24.5 Å². The first-order chi connectivity index (χ1) is 8.05. The van der Waals surface area contributed by atoms with E-state index in [0.717, 1.165) is 38.5 Å². The van der Waals surface area contributed by atoms with Crippen LogP contribution >= 0.6 is 12.4 Å². The van der Waals surface area contributed by atoms with Crippen molar-refractivity contribution in [1.82, 2.24) is 4.72 Å². The molecular weight excluding hydrogens is 272 g/mol. The quantitative estimate of drug-likeness (QED) is 0.831. The van der Waals surface area contributed by atoms with E-state index in [1.165, 1.54) is 12.8 Å². The lowest BCUT2D eigenvalue weighted by molar-refractivity contribution is 0.370. The Bertz CT molecular complexity index is 342. The molecule has 3 N–H and O–H groups in total. The molecule has 2 atom stereocenters. The Hall–Kier alpha value is 0.160. The molecule has 0 heterocycles. The van der Waals surface area contributed by atoms with Gasteiger partial charge in [0.1, 0.15) is 0 Å². The van der Waals surface area contributed by atoms with Crippen molar-refractivity contribution < 1.29 is 8.42 Å². The van der Waals surface area contributed by atoms with Crippen LogP contribution in [0.5, 0.6) is 0 Å². The average molecular weight is 297 g/mol. The summed E-state index contributed by atoms with van der Waals surface area (Å²) in [6.45, 7) is 0. The number of hydrogen-bond donors (Lipinski definition) is 2. The molecule has 2 fully saturated rings. The summed E-state index contributed by atoms with van der Waals surface area (Å²) in [6.07, 6.45) is 8.33. The van der Waals surface area contributed by atoms with Gasteiger partial charge in [0, 0.05) is 12.1 Å². The Balaban J connectivity index is 0.00000162. The van der Waals surface area contributed by atoms with E-state index in [4.69, 9.17) is 5.73 Å². The molecule has 2 saturated carbocycles. The maximum Gasteiger partial charge on any atom is 0.212 e. The summed E-state index contributed by atoms with van der Waals surface area (Å²) in [4.78, 5) is 0. The van der Waals surface area contributed by atoms with E-state index in [0.29, 0.717) is 11.7 Å². The zero-order valence-corrected chi connectivity index (χ0v) is 12.4. The van der Waals surface area contributed by atoms with Gasteiger partial charge in [0.15, 0.2) is 0 Å². The predicted molar refractivity (Wildman–Crippen MR) is 76.4 cm³/mol. The van der Waals surface area contributed by atoms with Crippen LogP contribution in [-0.4, -0.2) is 26.3 Å². The van der Waals surface area contributed by atoms with Gasteiger partial charge in [-0.3, -0.25) is 0 Å². The van der Waals surface area contributed by atoms with Crippen molar-refractivity contribution in [2.75, 3.05) is 5.75 Å². The van der Waals surface area contributed by atoms with Crippen LogP contribution in [0.4, 0.5) is 0 Å². The molecule has 0 radical (unpaired) electrons. The molecule has 2 aliphatic rings. The van der Waals surface area contributed by atoms with E-state index in [9.17, 15) is 8.42 Å². The third-order valence-corrected chi connectivity index (χ3v) is 5.59. The van der Waals surface area contributed by atoms with Crippen LogP contribution in [0.15, 0.2) is 0 Å². The summed E-state index contributed by atoms with van der Waals surface area (Å²) in [5, 5.41) is 0. The molecule has 2 rings (SSSR count). The van der Waals surface area contributed by atoms with E-state index in [2.05, 4.69) is 4.72 Å². The Kier molecular flexibility index (Phi) is 6.38. The van der Waals surface area contributed by atoms with Crippen molar-refractivity contribution in [2.45, 2.75) is 63.5 Å². The number of nitrogens with two attached hydrogens (primary N) is 1. The van der Waals surface area contributed by atoms with Gasteiger partial charge in [-0.25, -0.2) is 13.1 Å². The zero-order chi connectivity index (χ0) is 12.3. The SMILES string of the molecule is Cl.NC1CCCC(NS(=O)(=O)CC2CCCC2)C1. The summed E-state index contributed by atoms with van der Waals surface area (Å²) < 4.78 is 26.9. The summed E-state index contributed by atoms with van der Waals surface area (Å²) in [5.41, 5.74) is 5.87. The largest absolute Gasteiger partial charge is 0.328 e. The lowest BCUT2D eigenvalue weighted by Crippen LogP contribution is -2.43. The van der Waals surface area contributed by atoms with E-state index in [1.807, 2.05) is 0 Å². The first-order valence-electron chi connectivity index (χ1n) is 6.81. The molecule has 0 aromatic rings. The first kappa shape index (κ1) is 16.2. The molecule has 2 aliphatic carbocycles. The summed E-state index contributed by atoms with van der Waals surface area (Å²) in [5.74, 6) is 0.698. The van der Waals surface area contributed by atoms with Gasteiger partial charge in [-0.05, 0) is 38.0 Å². The second kappa shape index (κ2) is 7.08. The van der Waals surface area contributed by atoms with Crippen LogP contribution in [0.2, 0.25) is 0 Å². The molecule has 108 valence electrons. The summed E-state index contributed by atoms with van der Waals surface area (Å²) in [6, 6.07) is 0.244. The molecule has 18 heavy (non-hydrogen) atoms. The highest BCUT2D eigenvalue weighted by Crippen LogP contribution is 2.26. The molecule has 0 amide bonds. The van der Waals surface area contributed by atoms with Crippen molar-refractivity contribution in [3.8, 4) is 0 Å². The maximum absolute atomic E-state index is 12.0. The van der Waals surface area contributed by atoms with Crippen LogP contribution in [-0.2, 0) is 10.0 Å². The van der Waals surface area contributed by atoms with Gasteiger partial charge < -0.3 is 5.73 Å². The fourth-order valence-corrected chi connectivity index (χ4v) is 4.90. The summed E-state index contributed by atoms with van der Waals surface area (Å²) in [7, 11) is -3.09. The van der Waals surface area contributed by atoms with Gasteiger partial charge in [-0.15, -0.1) is 12.4 Å². The van der Waals surface area contributed by atoms with Gasteiger partial charge >= 0.3 is 0 Å². The average Bonchev–Trinajstić information content (AvgIpc) is 2.68. The first-order valence-corrected chi connectivity index (χ1v) is 8.46. The standard InChI is InChI=1S/C12H24N2O2S.ClH/c13-11-6-3-7-12(8-11)14-17(15,16)9-10-4-1-2-5-10;/h10-12,14H,1-9,13H2;1H. The molecule has 4 nitrogen and oxygen atoms in total. The Labute approximate surface area is 117 Å². The lowest BCUT2D eigenvalue weighted by atomic mass is 9.92. The molecule has 0 aromatic carbocycles. The summed E-state index contributed by atoms with van der Waals surface area (Å²) >= 11 is 0. The predicted octanol–water partition coefficient (Wildman–Crippen LogP) is 1.79. The minimum atomic E-state index is -3.09. The monoisotopic (exact) mass is 296 g/mol. The van der Waals surface area contributed by atoms with Crippen LogP contribution in [0, 0.1) is 5.92 Å². The van der Waals surface area contributed by atoms with Crippen molar-refractivity contribution in [3.63, 3.8) is 0 Å². The minimum Gasteiger partial charge on any atom is -0.328 e. The molecule has 0 aromatic heterocycles. The van der Waals surface area contributed by atoms with Gasteiger partial charge in [-0.1, -0.05) is 19.3 Å². The van der Waals surface area contributed by atoms with Crippen LogP contribution in [0.1, 0.15) is 51.4 Å². The second-order valence-corrected chi connectivity index (χ2v) is 7.47. The number of halogens is 1. The van der Waals surface area contributed by atoms with E-state index < -0.39 is 10.0 Å². The van der Waals surface area contributed by atoms with Gasteiger partial charge in [-0.2, -0.15) is 0 Å². The van der Waals surface area contributed by atoms with Gasteiger partial charge in [0.25, 0.3) is 0 Å². The molecule has 0 saturated heterocycles. The number of rotatable bonds is 4. The highest BCUT2D eigenvalue weighted by atomic mass is 35.5. The third-order valence-electron chi connectivity index (χ3n) is 3.99. The molecule has 0 bridgehead atoms. The van der Waals surface area contributed by atoms with Gasteiger partial charge in [0.2, 0.25) is 10.0 Å². The Morgan fingerprint density at radius 1 is 1.06 bits per heavy atom. The molecular formula is C12H25ClN2O2S. The zero-order valence-electron chi connectivity index (χ0n) is 10.8. The van der Waals surface area contributed by atoms with Crippen LogP contribution in [0.3, 0.4) is 0 Å². The molecule has 0 aliphatic heterocycles. The maximum atomic E-state index is 12.0. The van der Waals surface area contributed by atoms with Crippen molar-refractivity contribution in [2.24, 2.45) is 11.7 Å². The van der Waals surface area contributed by atoms with Crippen molar-refractivity contribution in [1.29, 1.82) is 0 Å². The fourth-order valence-electron chi connectivity index (χ4n) is 3.12. The normalized spacial score (nSPS) is 30.1. The highest BCUT2D eigenvalue weighted by molar-refractivity contribution is 7.89. The number of sulfonamides is 1. The molecule has 2 unspecified atom stereocenters. The third kappa shape index (κ3) is 5.03. The smallest absolute Gasteiger partial charge is 0.212 e. The highest BCUT2D eigenvalue weighted by Gasteiger charge is 2.27. The van der Waals surface area contributed by atoms with E-state index in [1.54, 1.807) is 0 Å². The van der Waals surface area contributed by atoms with Crippen molar-refractivity contribution in [3.05, 3.63) is 0 Å². The van der Waals surface area contributed by atoms with Crippen LogP contribution in [0.25, 0.3) is 0 Å². The Morgan fingerprint density at radius 2 is 1.72 bits per heavy atom. The van der Waals surface area contributed by atoms with Crippen LogP contribution < -0.4 is 10.5 Å². The topological polar surface area (TPSA) is 72.2 Å². The van der Waals surface area contributed by atoms with Gasteiger partial charge in [0.05, 0.1) is 5.75 Å². The second-order valence-electron chi connectivity index (χ2n) is 5.67. The molecule has 0 spiro atoms. The number of hydrogen-bond acceptors (Lipinski definition) is 3. The minimum absolute atomic E-state index is 0. The molecule has 6 heteroatoms. The fraction of sp³-hybridized carbons (Fsp3) is 1.00. The van der Waals surface area contributed by atoms with E-state index >= 15 is 0 Å². The Morgan fingerprint density at radius 3 is 2.33 bits per heavy atom.